The van der Waals surface area contributed by atoms with Gasteiger partial charge in [-0.3, -0.25) is 14.9 Å². The molecule has 1 amide bonds. The van der Waals surface area contributed by atoms with Crippen molar-refractivity contribution >= 4 is 17.6 Å². The van der Waals surface area contributed by atoms with Crippen LogP contribution in [0, 0.1) is 5.82 Å². The molecule has 136 valence electrons. The van der Waals surface area contributed by atoms with Crippen LogP contribution in [0.15, 0.2) is 18.2 Å². The molecule has 0 bridgehead atoms. The number of anilines is 1. The van der Waals surface area contributed by atoms with Crippen molar-refractivity contribution in [1.82, 2.24) is 10.2 Å². The Balaban J connectivity index is 1.56. The number of nitrogens with zero attached hydrogens (tertiary/aromatic N) is 2. The van der Waals surface area contributed by atoms with E-state index < -0.39 is 23.9 Å². The van der Waals surface area contributed by atoms with E-state index >= 15 is 0 Å². The summed E-state index contributed by atoms with van der Waals surface area (Å²) in [6, 6.07) is 3.77. The van der Waals surface area contributed by atoms with Gasteiger partial charge in [0.2, 0.25) is 5.91 Å². The number of carboxylic acid groups (broad SMARTS) is 1. The number of methoxy groups -OCH3 is 1. The molecule has 2 fully saturated rings. The SMILES string of the molecule is COc1ccc(N2CCN(C(=O)[C@H]3CC[C@@H](C(=O)O)N3)CC2)cc1F. The van der Waals surface area contributed by atoms with Gasteiger partial charge in [-0.1, -0.05) is 0 Å². The summed E-state index contributed by atoms with van der Waals surface area (Å²) in [6.07, 6.45) is 1.01. The molecular weight excluding hydrogens is 329 g/mol. The van der Waals surface area contributed by atoms with Crippen LogP contribution in [0.25, 0.3) is 0 Å². The zero-order valence-corrected chi connectivity index (χ0v) is 14.1. The number of hydrogen-bond donors (Lipinski definition) is 2. The van der Waals surface area contributed by atoms with Crippen molar-refractivity contribution in [3.63, 3.8) is 0 Å². The second-order valence-electron chi connectivity index (χ2n) is 6.32. The van der Waals surface area contributed by atoms with E-state index in [2.05, 4.69) is 5.32 Å². The highest BCUT2D eigenvalue weighted by Crippen LogP contribution is 2.25. The molecule has 2 atom stereocenters. The Morgan fingerprint density at radius 1 is 1.20 bits per heavy atom. The van der Waals surface area contributed by atoms with Crippen molar-refractivity contribution in [2.75, 3.05) is 38.2 Å². The highest BCUT2D eigenvalue weighted by molar-refractivity contribution is 5.84. The molecule has 1 aromatic carbocycles. The summed E-state index contributed by atoms with van der Waals surface area (Å²) in [4.78, 5) is 27.3. The standard InChI is InChI=1S/C17H22FN3O4/c1-25-15-5-2-11(10-12(15)18)20-6-8-21(9-7-20)16(22)13-3-4-14(19-13)17(23)24/h2,5,10,13-14,19H,3-4,6-9H2,1H3,(H,23,24)/t13-,14+/m1/s1. The number of carbonyl (C=O) groups excluding carboxylic acids is 1. The van der Waals surface area contributed by atoms with Gasteiger partial charge in [-0.15, -0.1) is 0 Å². The molecule has 8 heteroatoms. The molecule has 0 saturated carbocycles. The molecule has 0 aliphatic carbocycles. The van der Waals surface area contributed by atoms with Gasteiger partial charge in [0.05, 0.1) is 13.2 Å². The zero-order valence-electron chi connectivity index (χ0n) is 14.1. The summed E-state index contributed by atoms with van der Waals surface area (Å²) in [5.74, 6) is -1.17. The van der Waals surface area contributed by atoms with E-state index in [1.807, 2.05) is 4.90 Å². The lowest BCUT2D eigenvalue weighted by atomic mass is 10.1. The third-order valence-electron chi connectivity index (χ3n) is 4.83. The molecular formula is C17H22FN3O4. The summed E-state index contributed by atoms with van der Waals surface area (Å²) in [5, 5.41) is 11.9. The summed E-state index contributed by atoms with van der Waals surface area (Å²) < 4.78 is 18.8. The number of halogens is 1. The Morgan fingerprint density at radius 3 is 2.44 bits per heavy atom. The number of aliphatic carboxylic acids is 1. The van der Waals surface area contributed by atoms with Crippen LogP contribution >= 0.6 is 0 Å². The van der Waals surface area contributed by atoms with Crippen LogP contribution in [-0.2, 0) is 9.59 Å². The molecule has 0 radical (unpaired) electrons. The lowest BCUT2D eigenvalue weighted by Crippen LogP contribution is -2.54. The molecule has 2 saturated heterocycles. The number of carboxylic acids is 1. The van der Waals surface area contributed by atoms with Crippen molar-refractivity contribution in [3.05, 3.63) is 24.0 Å². The van der Waals surface area contributed by atoms with E-state index in [9.17, 15) is 14.0 Å². The van der Waals surface area contributed by atoms with E-state index in [0.717, 1.165) is 5.69 Å². The van der Waals surface area contributed by atoms with Crippen LogP contribution in [0.2, 0.25) is 0 Å². The van der Waals surface area contributed by atoms with E-state index in [1.165, 1.54) is 13.2 Å². The monoisotopic (exact) mass is 351 g/mol. The van der Waals surface area contributed by atoms with Crippen molar-refractivity contribution in [1.29, 1.82) is 0 Å². The van der Waals surface area contributed by atoms with Gasteiger partial charge in [0.25, 0.3) is 0 Å². The normalized spacial score (nSPS) is 23.6. The fourth-order valence-corrected chi connectivity index (χ4v) is 3.39. The van der Waals surface area contributed by atoms with Gasteiger partial charge in [-0.2, -0.15) is 0 Å². The van der Waals surface area contributed by atoms with E-state index in [-0.39, 0.29) is 11.7 Å². The van der Waals surface area contributed by atoms with Gasteiger partial charge < -0.3 is 19.6 Å². The molecule has 1 aromatic rings. The van der Waals surface area contributed by atoms with Gasteiger partial charge >= 0.3 is 5.97 Å². The number of nitrogens with one attached hydrogen (secondary N) is 1. The van der Waals surface area contributed by atoms with Crippen molar-refractivity contribution in [2.24, 2.45) is 0 Å². The largest absolute Gasteiger partial charge is 0.494 e. The maximum Gasteiger partial charge on any atom is 0.320 e. The predicted octanol–water partition coefficient (Wildman–Crippen LogP) is 0.688. The highest BCUT2D eigenvalue weighted by Gasteiger charge is 2.36. The average molecular weight is 351 g/mol. The van der Waals surface area contributed by atoms with E-state index in [1.54, 1.807) is 17.0 Å². The number of amides is 1. The topological polar surface area (TPSA) is 82.1 Å². The van der Waals surface area contributed by atoms with Crippen molar-refractivity contribution in [3.8, 4) is 5.75 Å². The van der Waals surface area contributed by atoms with Gasteiger partial charge in [-0.25, -0.2) is 4.39 Å². The lowest BCUT2D eigenvalue weighted by Gasteiger charge is -2.37. The number of carbonyl (C=O) groups is 2. The Labute approximate surface area is 145 Å². The molecule has 7 nitrogen and oxygen atoms in total. The number of hydrogen-bond acceptors (Lipinski definition) is 5. The van der Waals surface area contributed by atoms with Crippen LogP contribution in [0.3, 0.4) is 0 Å². The second-order valence-corrected chi connectivity index (χ2v) is 6.32. The molecule has 0 aromatic heterocycles. The minimum Gasteiger partial charge on any atom is -0.494 e. The van der Waals surface area contributed by atoms with Crippen LogP contribution in [0.5, 0.6) is 5.75 Å². The fourth-order valence-electron chi connectivity index (χ4n) is 3.39. The quantitative estimate of drug-likeness (QED) is 0.831. The number of ether oxygens (including phenoxy) is 1. The molecule has 2 aliphatic rings. The first-order valence-electron chi connectivity index (χ1n) is 8.35. The van der Waals surface area contributed by atoms with E-state index in [4.69, 9.17) is 9.84 Å². The van der Waals surface area contributed by atoms with Crippen molar-refractivity contribution in [2.45, 2.75) is 24.9 Å². The lowest BCUT2D eigenvalue weighted by molar-refractivity contribution is -0.139. The molecule has 2 heterocycles. The highest BCUT2D eigenvalue weighted by atomic mass is 19.1. The Bertz CT molecular complexity index is 661. The Hall–Kier alpha value is -2.35. The number of benzene rings is 1. The minimum absolute atomic E-state index is 0.0516. The minimum atomic E-state index is -0.915. The molecule has 0 spiro atoms. The van der Waals surface area contributed by atoms with Gasteiger partial charge in [0.15, 0.2) is 11.6 Å². The predicted molar refractivity (Wildman–Crippen MR) is 89.3 cm³/mol. The zero-order chi connectivity index (χ0) is 18.0. The van der Waals surface area contributed by atoms with Crippen LogP contribution in [0.4, 0.5) is 10.1 Å². The maximum absolute atomic E-state index is 13.8. The molecule has 0 unspecified atom stereocenters. The molecule has 25 heavy (non-hydrogen) atoms. The number of piperazine rings is 1. The molecule has 3 rings (SSSR count). The summed E-state index contributed by atoms with van der Waals surface area (Å²) >= 11 is 0. The summed E-state index contributed by atoms with van der Waals surface area (Å²) in [6.45, 7) is 2.27. The van der Waals surface area contributed by atoms with Gasteiger partial charge in [0.1, 0.15) is 6.04 Å². The molecule has 2 N–H and O–H groups in total. The second kappa shape index (κ2) is 7.26. The van der Waals surface area contributed by atoms with Gasteiger partial charge in [-0.05, 0) is 25.0 Å². The van der Waals surface area contributed by atoms with Crippen LogP contribution < -0.4 is 15.0 Å². The van der Waals surface area contributed by atoms with Crippen LogP contribution in [-0.4, -0.2) is 67.3 Å². The van der Waals surface area contributed by atoms with Crippen LogP contribution in [0.1, 0.15) is 12.8 Å². The molecule has 2 aliphatic heterocycles. The first kappa shape index (κ1) is 17.5. The third kappa shape index (κ3) is 3.68. The smallest absolute Gasteiger partial charge is 0.320 e. The van der Waals surface area contributed by atoms with Gasteiger partial charge in [0, 0.05) is 37.9 Å². The van der Waals surface area contributed by atoms with E-state index in [0.29, 0.717) is 39.0 Å². The Kier molecular flexibility index (Phi) is 5.08. The fraction of sp³-hybridized carbons (Fsp3) is 0.529. The summed E-state index contributed by atoms with van der Waals surface area (Å²) in [5.41, 5.74) is 0.760. The maximum atomic E-state index is 13.8. The number of rotatable bonds is 4. The third-order valence-corrected chi connectivity index (χ3v) is 4.83. The van der Waals surface area contributed by atoms with Crippen molar-refractivity contribution < 1.29 is 23.8 Å². The first-order valence-corrected chi connectivity index (χ1v) is 8.35. The first-order chi connectivity index (χ1) is 12.0. The summed E-state index contributed by atoms with van der Waals surface area (Å²) in [7, 11) is 1.43. The Morgan fingerprint density at radius 2 is 1.88 bits per heavy atom. The average Bonchev–Trinajstić information content (AvgIpc) is 3.11.